The van der Waals surface area contributed by atoms with Gasteiger partial charge in [0.2, 0.25) is 0 Å². The number of hydrogen-bond acceptors (Lipinski definition) is 3. The highest BCUT2D eigenvalue weighted by molar-refractivity contribution is 5.43. The fourth-order valence-electron chi connectivity index (χ4n) is 2.67. The lowest BCUT2D eigenvalue weighted by Gasteiger charge is -2.19. The molecule has 0 radical (unpaired) electrons. The van der Waals surface area contributed by atoms with Crippen LogP contribution in [0.25, 0.3) is 0 Å². The first kappa shape index (κ1) is 20.3. The van der Waals surface area contributed by atoms with E-state index in [9.17, 15) is 0 Å². The minimum Gasteiger partial charge on any atom is -0.493 e. The molecule has 142 valence electrons. The number of ether oxygens (including phenoxy) is 2. The molecule has 0 heterocycles. The first-order valence-corrected chi connectivity index (χ1v) is 9.39. The second-order valence-corrected chi connectivity index (χ2v) is 8.24. The van der Waals surface area contributed by atoms with Crippen LogP contribution >= 0.6 is 0 Å². The summed E-state index contributed by atoms with van der Waals surface area (Å²) in [6.45, 7) is 13.3. The van der Waals surface area contributed by atoms with Crippen LogP contribution in [0.2, 0.25) is 0 Å². The molecule has 1 N–H and O–H groups in total. The Hall–Kier alpha value is -2.00. The molecular formula is C23H33NO2. The lowest BCUT2D eigenvalue weighted by Crippen LogP contribution is -2.14. The molecule has 0 saturated heterocycles. The largest absolute Gasteiger partial charge is 0.493 e. The van der Waals surface area contributed by atoms with Gasteiger partial charge >= 0.3 is 0 Å². The van der Waals surface area contributed by atoms with E-state index < -0.39 is 0 Å². The van der Waals surface area contributed by atoms with E-state index in [1.54, 1.807) is 7.11 Å². The molecule has 0 unspecified atom stereocenters. The van der Waals surface area contributed by atoms with Crippen LogP contribution < -0.4 is 14.8 Å². The summed E-state index contributed by atoms with van der Waals surface area (Å²) in [6, 6.07) is 15.0. The fourth-order valence-corrected chi connectivity index (χ4v) is 2.67. The van der Waals surface area contributed by atoms with Gasteiger partial charge in [0, 0.05) is 13.1 Å². The predicted molar refractivity (Wildman–Crippen MR) is 109 cm³/mol. The van der Waals surface area contributed by atoms with Crippen LogP contribution in [0.15, 0.2) is 42.5 Å². The molecule has 0 saturated carbocycles. The predicted octanol–water partition coefficient (Wildman–Crippen LogP) is 5.32. The van der Waals surface area contributed by atoms with E-state index in [1.807, 2.05) is 12.1 Å². The number of nitrogens with one attached hydrogen (secondary N) is 1. The van der Waals surface area contributed by atoms with Crippen molar-refractivity contribution < 1.29 is 9.47 Å². The molecule has 0 atom stereocenters. The van der Waals surface area contributed by atoms with Crippen LogP contribution in [0.1, 0.15) is 51.3 Å². The highest BCUT2D eigenvalue weighted by Crippen LogP contribution is 2.28. The molecule has 0 aliphatic heterocycles. The Bertz CT molecular complexity index is 684. The minimum atomic E-state index is 0.196. The average molecular weight is 356 g/mol. The van der Waals surface area contributed by atoms with Gasteiger partial charge in [0.05, 0.1) is 13.7 Å². The summed E-state index contributed by atoms with van der Waals surface area (Å²) in [5.74, 6) is 2.09. The molecule has 3 nitrogen and oxygen atoms in total. The Morgan fingerprint density at radius 1 is 0.885 bits per heavy atom. The molecule has 0 bridgehead atoms. The van der Waals surface area contributed by atoms with E-state index in [2.05, 4.69) is 70.3 Å². The summed E-state index contributed by atoms with van der Waals surface area (Å²) in [6.07, 6.45) is 0. The molecule has 0 spiro atoms. The molecule has 0 aliphatic rings. The maximum Gasteiger partial charge on any atom is 0.161 e. The van der Waals surface area contributed by atoms with Gasteiger partial charge in [0.25, 0.3) is 0 Å². The van der Waals surface area contributed by atoms with Crippen molar-refractivity contribution >= 4 is 0 Å². The van der Waals surface area contributed by atoms with Crippen molar-refractivity contribution in [3.05, 3.63) is 59.2 Å². The van der Waals surface area contributed by atoms with Crippen LogP contribution in [0.5, 0.6) is 11.5 Å². The van der Waals surface area contributed by atoms with Crippen LogP contribution in [0, 0.1) is 5.92 Å². The summed E-state index contributed by atoms with van der Waals surface area (Å²) in [5.41, 5.74) is 4.04. The Kier molecular flexibility index (Phi) is 7.10. The van der Waals surface area contributed by atoms with Gasteiger partial charge < -0.3 is 14.8 Å². The molecule has 2 aromatic carbocycles. The quantitative estimate of drug-likeness (QED) is 0.695. The van der Waals surface area contributed by atoms with Crippen molar-refractivity contribution in [3.63, 3.8) is 0 Å². The smallest absolute Gasteiger partial charge is 0.161 e. The Balaban J connectivity index is 1.91. The third-order valence-electron chi connectivity index (χ3n) is 4.28. The zero-order valence-corrected chi connectivity index (χ0v) is 17.1. The van der Waals surface area contributed by atoms with E-state index in [-0.39, 0.29) is 5.41 Å². The molecule has 26 heavy (non-hydrogen) atoms. The lowest BCUT2D eigenvalue weighted by molar-refractivity contribution is 0.256. The monoisotopic (exact) mass is 355 g/mol. The standard InChI is InChI=1S/C23H33NO2/c1-17(2)16-26-21-12-9-19(13-22(21)25-6)15-24-14-18-7-10-20(11-8-18)23(3,4)5/h7-13,17,24H,14-16H2,1-6H3. The number of rotatable bonds is 8. The normalized spacial score (nSPS) is 11.7. The van der Waals surface area contributed by atoms with Crippen molar-refractivity contribution in [1.82, 2.24) is 5.32 Å². The fraction of sp³-hybridized carbons (Fsp3) is 0.478. The lowest BCUT2D eigenvalue weighted by atomic mass is 9.87. The van der Waals surface area contributed by atoms with Gasteiger partial charge in [-0.15, -0.1) is 0 Å². The van der Waals surface area contributed by atoms with Crippen molar-refractivity contribution in [2.75, 3.05) is 13.7 Å². The molecule has 2 rings (SSSR count). The third kappa shape index (κ3) is 6.06. The summed E-state index contributed by atoms with van der Waals surface area (Å²) < 4.78 is 11.3. The maximum absolute atomic E-state index is 5.81. The van der Waals surface area contributed by atoms with E-state index >= 15 is 0 Å². The number of benzene rings is 2. The van der Waals surface area contributed by atoms with Gasteiger partial charge in [-0.25, -0.2) is 0 Å². The van der Waals surface area contributed by atoms with Gasteiger partial charge in [-0.2, -0.15) is 0 Å². The van der Waals surface area contributed by atoms with E-state index in [0.717, 1.165) is 24.6 Å². The molecule has 0 amide bonds. The first-order chi connectivity index (χ1) is 12.3. The van der Waals surface area contributed by atoms with Crippen molar-refractivity contribution in [2.24, 2.45) is 5.92 Å². The molecular weight excluding hydrogens is 322 g/mol. The second-order valence-electron chi connectivity index (χ2n) is 8.24. The highest BCUT2D eigenvalue weighted by Gasteiger charge is 2.12. The summed E-state index contributed by atoms with van der Waals surface area (Å²) in [4.78, 5) is 0. The molecule has 0 fully saturated rings. The van der Waals surface area contributed by atoms with Crippen molar-refractivity contribution in [2.45, 2.75) is 53.1 Å². The minimum absolute atomic E-state index is 0.196. The summed E-state index contributed by atoms with van der Waals surface area (Å²) >= 11 is 0. The molecule has 0 aliphatic carbocycles. The van der Waals surface area contributed by atoms with E-state index in [1.165, 1.54) is 16.7 Å². The van der Waals surface area contributed by atoms with Gasteiger partial charge in [0.15, 0.2) is 11.5 Å². The third-order valence-corrected chi connectivity index (χ3v) is 4.28. The molecule has 2 aromatic rings. The van der Waals surface area contributed by atoms with E-state index in [0.29, 0.717) is 12.5 Å². The molecule has 0 aromatic heterocycles. The van der Waals surface area contributed by atoms with Crippen LogP contribution in [-0.4, -0.2) is 13.7 Å². The zero-order valence-electron chi connectivity index (χ0n) is 17.1. The SMILES string of the molecule is COc1cc(CNCc2ccc(C(C)(C)C)cc2)ccc1OCC(C)C. The van der Waals surface area contributed by atoms with Crippen LogP contribution in [0.4, 0.5) is 0 Å². The zero-order chi connectivity index (χ0) is 19.2. The summed E-state index contributed by atoms with van der Waals surface area (Å²) in [5, 5.41) is 3.50. The average Bonchev–Trinajstić information content (AvgIpc) is 2.60. The van der Waals surface area contributed by atoms with E-state index in [4.69, 9.17) is 9.47 Å². The topological polar surface area (TPSA) is 30.5 Å². The van der Waals surface area contributed by atoms with Gasteiger partial charge in [0.1, 0.15) is 0 Å². The van der Waals surface area contributed by atoms with Crippen LogP contribution in [0.3, 0.4) is 0 Å². The van der Waals surface area contributed by atoms with Crippen LogP contribution in [-0.2, 0) is 18.5 Å². The Morgan fingerprint density at radius 2 is 1.50 bits per heavy atom. The van der Waals surface area contributed by atoms with Crippen molar-refractivity contribution in [3.8, 4) is 11.5 Å². The Labute approximate surface area is 158 Å². The number of methoxy groups -OCH3 is 1. The van der Waals surface area contributed by atoms with Gasteiger partial charge in [-0.1, -0.05) is 65.0 Å². The Morgan fingerprint density at radius 3 is 2.08 bits per heavy atom. The maximum atomic E-state index is 5.81. The van der Waals surface area contributed by atoms with Gasteiger partial charge in [-0.05, 0) is 40.2 Å². The second kappa shape index (κ2) is 9.09. The summed E-state index contributed by atoms with van der Waals surface area (Å²) in [7, 11) is 1.69. The molecule has 3 heteroatoms. The first-order valence-electron chi connectivity index (χ1n) is 9.39. The van der Waals surface area contributed by atoms with Crippen molar-refractivity contribution in [1.29, 1.82) is 0 Å². The highest BCUT2D eigenvalue weighted by atomic mass is 16.5. The van der Waals surface area contributed by atoms with Gasteiger partial charge in [-0.3, -0.25) is 0 Å². The number of hydrogen-bond donors (Lipinski definition) is 1.